The number of ether oxygens (including phenoxy) is 1. The molecular formula is C19H27N3O2S. The van der Waals surface area contributed by atoms with Gasteiger partial charge in [0.1, 0.15) is 5.75 Å². The second-order valence-electron chi connectivity index (χ2n) is 6.77. The third-order valence-corrected chi connectivity index (χ3v) is 4.55. The maximum atomic E-state index is 10.2. The molecule has 1 aromatic carbocycles. The van der Waals surface area contributed by atoms with E-state index in [0.717, 1.165) is 5.56 Å². The lowest BCUT2D eigenvalue weighted by Gasteiger charge is -2.21. The van der Waals surface area contributed by atoms with Gasteiger partial charge in [0.25, 0.3) is 0 Å². The van der Waals surface area contributed by atoms with Crippen LogP contribution in [0.5, 0.6) is 5.75 Å². The van der Waals surface area contributed by atoms with Crippen molar-refractivity contribution in [1.29, 1.82) is 0 Å². The summed E-state index contributed by atoms with van der Waals surface area (Å²) in [7, 11) is 1.66. The van der Waals surface area contributed by atoms with Gasteiger partial charge in [-0.3, -0.25) is 0 Å². The Balaban J connectivity index is 2.18. The number of aromatic hydroxyl groups is 1. The molecule has 2 aromatic rings. The van der Waals surface area contributed by atoms with Crippen LogP contribution in [0.3, 0.4) is 0 Å². The molecule has 0 amide bonds. The summed E-state index contributed by atoms with van der Waals surface area (Å²) in [6, 6.07) is 9.70. The fourth-order valence-electron chi connectivity index (χ4n) is 2.20. The van der Waals surface area contributed by atoms with Crippen molar-refractivity contribution in [2.75, 3.05) is 25.6 Å². The van der Waals surface area contributed by atoms with Crippen LogP contribution in [0.1, 0.15) is 31.2 Å². The van der Waals surface area contributed by atoms with Crippen molar-refractivity contribution in [3.8, 4) is 5.75 Å². The average molecular weight is 362 g/mol. The zero-order chi connectivity index (χ0) is 18.3. The second-order valence-corrected chi connectivity index (χ2v) is 7.80. The highest BCUT2D eigenvalue weighted by Crippen LogP contribution is 2.30. The lowest BCUT2D eigenvalue weighted by molar-refractivity contribution is 0.204. The maximum absolute atomic E-state index is 10.2. The van der Waals surface area contributed by atoms with Gasteiger partial charge >= 0.3 is 0 Å². The number of phenolic OH excluding ortho intramolecular Hbond substituents is 1. The molecule has 0 unspecified atom stereocenters. The highest BCUT2D eigenvalue weighted by molar-refractivity contribution is 7.09. The summed E-state index contributed by atoms with van der Waals surface area (Å²) < 4.78 is 5.09. The van der Waals surface area contributed by atoms with Crippen LogP contribution in [-0.2, 0) is 16.7 Å². The van der Waals surface area contributed by atoms with E-state index in [-0.39, 0.29) is 11.2 Å². The van der Waals surface area contributed by atoms with Crippen molar-refractivity contribution in [3.63, 3.8) is 0 Å². The molecule has 0 saturated carbocycles. The molecule has 2 rings (SSSR count). The largest absolute Gasteiger partial charge is 0.506 e. The number of thiophene rings is 1. The van der Waals surface area contributed by atoms with Crippen LogP contribution in [-0.4, -0.2) is 31.3 Å². The Morgan fingerprint density at radius 2 is 2.08 bits per heavy atom. The van der Waals surface area contributed by atoms with Crippen molar-refractivity contribution in [2.24, 2.45) is 4.99 Å². The van der Waals surface area contributed by atoms with Gasteiger partial charge < -0.3 is 20.5 Å². The molecule has 0 bridgehead atoms. The predicted molar refractivity (Wildman–Crippen MR) is 106 cm³/mol. The van der Waals surface area contributed by atoms with E-state index >= 15 is 0 Å². The molecule has 0 fully saturated rings. The summed E-state index contributed by atoms with van der Waals surface area (Å²) >= 11 is 1.67. The molecule has 0 atom stereocenters. The summed E-state index contributed by atoms with van der Waals surface area (Å²) in [5.74, 6) is 0.817. The van der Waals surface area contributed by atoms with Crippen molar-refractivity contribution >= 4 is 23.0 Å². The van der Waals surface area contributed by atoms with E-state index in [9.17, 15) is 5.11 Å². The molecule has 0 spiro atoms. The highest BCUT2D eigenvalue weighted by atomic mass is 32.1. The third kappa shape index (κ3) is 6.07. The third-order valence-electron chi connectivity index (χ3n) is 3.69. The van der Waals surface area contributed by atoms with Crippen LogP contribution in [0.25, 0.3) is 0 Å². The first-order valence-electron chi connectivity index (χ1n) is 8.30. The van der Waals surface area contributed by atoms with Gasteiger partial charge in [-0.05, 0) is 34.6 Å². The number of nitrogens with zero attached hydrogens (tertiary/aromatic N) is 1. The molecule has 1 aromatic heterocycles. The van der Waals surface area contributed by atoms with Gasteiger partial charge in [-0.1, -0.05) is 32.9 Å². The highest BCUT2D eigenvalue weighted by Gasteiger charge is 2.16. The molecule has 6 heteroatoms. The predicted octanol–water partition coefficient (Wildman–Crippen LogP) is 3.96. The molecular weight excluding hydrogens is 334 g/mol. The minimum absolute atomic E-state index is 0.00187. The van der Waals surface area contributed by atoms with Gasteiger partial charge in [0.05, 0.1) is 18.8 Å². The van der Waals surface area contributed by atoms with Crippen molar-refractivity contribution in [1.82, 2.24) is 5.32 Å². The van der Waals surface area contributed by atoms with Gasteiger partial charge in [0, 0.05) is 18.5 Å². The number of methoxy groups -OCH3 is 1. The van der Waals surface area contributed by atoms with Gasteiger partial charge in [0.15, 0.2) is 5.96 Å². The minimum Gasteiger partial charge on any atom is -0.506 e. The molecule has 0 aliphatic rings. The van der Waals surface area contributed by atoms with Gasteiger partial charge in [-0.15, -0.1) is 11.3 Å². The zero-order valence-electron chi connectivity index (χ0n) is 15.3. The molecule has 0 aliphatic heterocycles. The molecule has 0 radical (unpaired) electrons. The molecule has 5 nitrogen and oxygen atoms in total. The number of nitrogens with one attached hydrogen (secondary N) is 2. The molecule has 25 heavy (non-hydrogen) atoms. The first-order valence-corrected chi connectivity index (χ1v) is 9.18. The Kier molecular flexibility index (Phi) is 6.84. The molecule has 3 N–H and O–H groups in total. The van der Waals surface area contributed by atoms with Crippen LogP contribution < -0.4 is 10.6 Å². The van der Waals surface area contributed by atoms with E-state index in [4.69, 9.17) is 4.74 Å². The number of aliphatic imine (C=N–C) groups is 1. The Morgan fingerprint density at radius 1 is 1.28 bits per heavy atom. The summed E-state index contributed by atoms with van der Waals surface area (Å²) in [6.45, 7) is 8.23. The number of guanidine groups is 1. The van der Waals surface area contributed by atoms with Gasteiger partial charge in [0.2, 0.25) is 0 Å². The van der Waals surface area contributed by atoms with Crippen LogP contribution >= 0.6 is 11.3 Å². The lowest BCUT2D eigenvalue weighted by Crippen LogP contribution is -2.33. The summed E-state index contributed by atoms with van der Waals surface area (Å²) in [4.78, 5) is 5.79. The van der Waals surface area contributed by atoms with E-state index in [1.807, 2.05) is 23.6 Å². The molecule has 0 saturated heterocycles. The maximum Gasteiger partial charge on any atom is 0.196 e. The lowest BCUT2D eigenvalue weighted by atomic mass is 9.87. The van der Waals surface area contributed by atoms with Crippen LogP contribution in [0.2, 0.25) is 0 Å². The summed E-state index contributed by atoms with van der Waals surface area (Å²) in [5, 5.41) is 18.7. The Morgan fingerprint density at radius 3 is 2.72 bits per heavy atom. The van der Waals surface area contributed by atoms with E-state index in [1.165, 1.54) is 4.88 Å². The first kappa shape index (κ1) is 19.3. The smallest absolute Gasteiger partial charge is 0.196 e. The van der Waals surface area contributed by atoms with Crippen LogP contribution in [0.4, 0.5) is 5.69 Å². The number of phenols is 1. The first-order chi connectivity index (χ1) is 11.9. The number of rotatable bonds is 6. The summed E-state index contributed by atoms with van der Waals surface area (Å²) in [6.07, 6.45) is 0. The van der Waals surface area contributed by atoms with Gasteiger partial charge in [-0.25, -0.2) is 4.99 Å². The van der Waals surface area contributed by atoms with E-state index in [2.05, 4.69) is 42.5 Å². The zero-order valence-corrected chi connectivity index (χ0v) is 16.1. The Labute approximate surface area is 153 Å². The standard InChI is InChI=1S/C19H27N3O2S/c1-19(2,3)14-7-8-17(23)16(12-14)22-18(20-9-10-24-4)21-13-15-6-5-11-25-15/h5-8,11-12,23H,9-10,13H2,1-4H3,(H2,20,21,22). The number of anilines is 1. The topological polar surface area (TPSA) is 65.9 Å². The Hall–Kier alpha value is -2.05. The fraction of sp³-hybridized carbons (Fsp3) is 0.421. The van der Waals surface area contributed by atoms with E-state index in [0.29, 0.717) is 31.3 Å². The number of hydrogen-bond donors (Lipinski definition) is 3. The van der Waals surface area contributed by atoms with Crippen molar-refractivity contribution < 1.29 is 9.84 Å². The fourth-order valence-corrected chi connectivity index (χ4v) is 2.83. The van der Waals surface area contributed by atoms with Crippen molar-refractivity contribution in [2.45, 2.75) is 32.7 Å². The number of hydrogen-bond acceptors (Lipinski definition) is 4. The quantitative estimate of drug-likeness (QED) is 0.315. The summed E-state index contributed by atoms with van der Waals surface area (Å²) in [5.41, 5.74) is 1.78. The molecule has 0 aliphatic carbocycles. The van der Waals surface area contributed by atoms with Crippen LogP contribution in [0.15, 0.2) is 40.7 Å². The monoisotopic (exact) mass is 361 g/mol. The van der Waals surface area contributed by atoms with E-state index in [1.54, 1.807) is 24.5 Å². The molecule has 1 heterocycles. The second kappa shape index (κ2) is 8.87. The van der Waals surface area contributed by atoms with Crippen molar-refractivity contribution in [3.05, 3.63) is 46.2 Å². The van der Waals surface area contributed by atoms with Crippen LogP contribution in [0, 0.1) is 0 Å². The number of benzene rings is 1. The average Bonchev–Trinajstić information content (AvgIpc) is 3.07. The van der Waals surface area contributed by atoms with E-state index < -0.39 is 0 Å². The SMILES string of the molecule is COCCNC(=NCc1cccs1)Nc1cc(C(C)(C)C)ccc1O. The Bertz CT molecular complexity index is 691. The normalized spacial score (nSPS) is 12.2. The van der Waals surface area contributed by atoms with Gasteiger partial charge in [-0.2, -0.15) is 0 Å². The minimum atomic E-state index is 0.00187. The molecule has 136 valence electrons.